The van der Waals surface area contributed by atoms with Gasteiger partial charge in [-0.2, -0.15) is 5.10 Å². The number of hydrogen-bond acceptors (Lipinski definition) is 5. The third-order valence-electron chi connectivity index (χ3n) is 2.40. The fraction of sp³-hybridized carbons (Fsp3) is 0.100. The average molecular weight is 297 g/mol. The van der Waals surface area contributed by atoms with Crippen molar-refractivity contribution in [3.63, 3.8) is 0 Å². The number of carbonyl (C=O) groups excluding carboxylic acids is 1. The molecule has 0 atom stereocenters. The highest BCUT2D eigenvalue weighted by Crippen LogP contribution is 2.17. The van der Waals surface area contributed by atoms with Gasteiger partial charge in [-0.05, 0) is 12.1 Å². The van der Waals surface area contributed by atoms with Crippen LogP contribution in [0.5, 0.6) is 0 Å². The zero-order valence-corrected chi connectivity index (χ0v) is 11.1. The molecule has 0 radical (unpaired) electrons. The Morgan fingerprint density at radius 2 is 2.20 bits per heavy atom. The summed E-state index contributed by atoms with van der Waals surface area (Å²) in [5.41, 5.74) is -0.767. The lowest BCUT2D eigenvalue weighted by Crippen LogP contribution is -2.24. The maximum Gasteiger partial charge on any atom is 0.262 e. The van der Waals surface area contributed by atoms with Crippen LogP contribution in [0.3, 0.4) is 0 Å². The molecule has 0 spiro atoms. The molecular weight excluding hydrogens is 286 g/mol. The largest absolute Gasteiger partial charge is 0.328 e. The van der Waals surface area contributed by atoms with E-state index in [1.165, 1.54) is 30.1 Å². The molecule has 0 aliphatic rings. The summed E-state index contributed by atoms with van der Waals surface area (Å²) in [6, 6.07) is 2.77. The maximum atomic E-state index is 11.9. The predicted octanol–water partition coefficient (Wildman–Crippen LogP) is -0.992. The maximum absolute atomic E-state index is 11.9. The Morgan fingerprint density at radius 3 is 2.80 bits per heavy atom. The van der Waals surface area contributed by atoms with Gasteiger partial charge in [-0.15, -0.1) is 0 Å². The molecule has 106 valence electrons. The number of nitrogens with two attached hydrogens (primary N) is 1. The fourth-order valence-corrected chi connectivity index (χ4v) is 2.20. The first-order valence-corrected chi connectivity index (χ1v) is 6.89. The molecule has 0 unspecified atom stereocenters. The van der Waals surface area contributed by atoms with E-state index in [9.17, 15) is 18.0 Å². The van der Waals surface area contributed by atoms with Crippen molar-refractivity contribution >= 4 is 21.7 Å². The Bertz CT molecular complexity index is 820. The van der Waals surface area contributed by atoms with E-state index in [-0.39, 0.29) is 16.3 Å². The summed E-state index contributed by atoms with van der Waals surface area (Å²) in [6.45, 7) is 0. The van der Waals surface area contributed by atoms with Crippen LogP contribution in [0.2, 0.25) is 0 Å². The number of aromatic nitrogens is 3. The van der Waals surface area contributed by atoms with Crippen molar-refractivity contribution in [2.45, 2.75) is 4.90 Å². The van der Waals surface area contributed by atoms with E-state index in [0.717, 1.165) is 6.20 Å². The summed E-state index contributed by atoms with van der Waals surface area (Å²) >= 11 is 0. The van der Waals surface area contributed by atoms with Crippen molar-refractivity contribution in [3.05, 3.63) is 40.4 Å². The summed E-state index contributed by atoms with van der Waals surface area (Å²) in [5, 5.41) is 11.0. The number of carbonyl (C=O) groups is 1. The van der Waals surface area contributed by atoms with Gasteiger partial charge in [0, 0.05) is 19.4 Å². The lowest BCUT2D eigenvalue weighted by molar-refractivity contribution is 0.102. The molecule has 2 rings (SSSR count). The van der Waals surface area contributed by atoms with Gasteiger partial charge in [-0.25, -0.2) is 13.6 Å². The number of aryl methyl sites for hydroxylation is 1. The Kier molecular flexibility index (Phi) is 3.42. The second kappa shape index (κ2) is 4.90. The molecule has 0 saturated heterocycles. The molecule has 2 aromatic heterocycles. The molecule has 0 aromatic carbocycles. The van der Waals surface area contributed by atoms with Crippen LogP contribution in [0.1, 0.15) is 10.4 Å². The van der Waals surface area contributed by atoms with Gasteiger partial charge in [0.2, 0.25) is 10.0 Å². The SMILES string of the molecule is Cn1cc(S(N)(=O)=O)c(NC(=O)c2ccc[nH]c2=O)n1. The van der Waals surface area contributed by atoms with Crippen LogP contribution in [-0.2, 0) is 17.1 Å². The Hall–Kier alpha value is -2.46. The molecule has 2 heterocycles. The van der Waals surface area contributed by atoms with Gasteiger partial charge < -0.3 is 10.3 Å². The molecular formula is C10H11N5O4S. The van der Waals surface area contributed by atoms with Gasteiger partial charge in [0.05, 0.1) is 0 Å². The van der Waals surface area contributed by atoms with Crippen LogP contribution in [0.25, 0.3) is 0 Å². The number of pyridine rings is 1. The summed E-state index contributed by atoms with van der Waals surface area (Å²) in [4.78, 5) is 25.4. The number of sulfonamides is 1. The minimum Gasteiger partial charge on any atom is -0.328 e. The lowest BCUT2D eigenvalue weighted by atomic mass is 10.2. The number of anilines is 1. The normalized spacial score (nSPS) is 11.3. The molecule has 0 aliphatic carbocycles. The second-order valence-corrected chi connectivity index (χ2v) is 5.46. The number of amides is 1. The average Bonchev–Trinajstić information content (AvgIpc) is 2.70. The van der Waals surface area contributed by atoms with Crippen molar-refractivity contribution in [3.8, 4) is 0 Å². The summed E-state index contributed by atoms with van der Waals surface area (Å²) in [7, 11) is -2.56. The molecule has 0 saturated carbocycles. The van der Waals surface area contributed by atoms with Crippen LogP contribution >= 0.6 is 0 Å². The first-order chi connectivity index (χ1) is 9.29. The van der Waals surface area contributed by atoms with Gasteiger partial charge >= 0.3 is 0 Å². The van der Waals surface area contributed by atoms with E-state index in [0.29, 0.717) is 0 Å². The highest BCUT2D eigenvalue weighted by Gasteiger charge is 2.21. The molecule has 4 N–H and O–H groups in total. The number of primary sulfonamides is 1. The number of aromatic amines is 1. The first-order valence-electron chi connectivity index (χ1n) is 5.34. The Morgan fingerprint density at radius 1 is 1.50 bits per heavy atom. The predicted molar refractivity (Wildman–Crippen MR) is 69.6 cm³/mol. The van der Waals surface area contributed by atoms with E-state index in [4.69, 9.17) is 5.14 Å². The van der Waals surface area contributed by atoms with Crippen molar-refractivity contribution in [1.29, 1.82) is 0 Å². The lowest BCUT2D eigenvalue weighted by Gasteiger charge is -2.02. The minimum absolute atomic E-state index is 0.168. The highest BCUT2D eigenvalue weighted by molar-refractivity contribution is 7.89. The summed E-state index contributed by atoms with van der Waals surface area (Å²) in [6.07, 6.45) is 2.52. The van der Waals surface area contributed by atoms with Gasteiger partial charge in [0.1, 0.15) is 10.5 Å². The first kappa shape index (κ1) is 14.0. The van der Waals surface area contributed by atoms with Gasteiger partial charge in [0.25, 0.3) is 11.5 Å². The number of rotatable bonds is 3. The minimum atomic E-state index is -4.03. The van der Waals surface area contributed by atoms with E-state index < -0.39 is 21.5 Å². The zero-order valence-electron chi connectivity index (χ0n) is 10.3. The monoisotopic (exact) mass is 297 g/mol. The summed E-state index contributed by atoms with van der Waals surface area (Å²) < 4.78 is 23.9. The van der Waals surface area contributed by atoms with E-state index in [1.807, 2.05) is 0 Å². The van der Waals surface area contributed by atoms with E-state index >= 15 is 0 Å². The number of H-pyrrole nitrogens is 1. The smallest absolute Gasteiger partial charge is 0.262 e. The molecule has 1 amide bonds. The topological polar surface area (TPSA) is 140 Å². The van der Waals surface area contributed by atoms with Crippen LogP contribution < -0.4 is 16.0 Å². The van der Waals surface area contributed by atoms with Gasteiger partial charge in [-0.1, -0.05) is 0 Å². The molecule has 9 nitrogen and oxygen atoms in total. The van der Waals surface area contributed by atoms with E-state index in [1.54, 1.807) is 0 Å². The van der Waals surface area contributed by atoms with Crippen LogP contribution in [0.4, 0.5) is 5.82 Å². The van der Waals surface area contributed by atoms with Crippen LogP contribution in [-0.4, -0.2) is 29.1 Å². The van der Waals surface area contributed by atoms with Crippen molar-refractivity contribution in [1.82, 2.24) is 14.8 Å². The third kappa shape index (κ3) is 2.75. The zero-order chi connectivity index (χ0) is 14.9. The number of nitrogens with zero attached hydrogens (tertiary/aromatic N) is 2. The van der Waals surface area contributed by atoms with Crippen molar-refractivity contribution in [2.24, 2.45) is 12.2 Å². The van der Waals surface area contributed by atoms with Crippen LogP contribution in [0, 0.1) is 0 Å². The fourth-order valence-electron chi connectivity index (χ4n) is 1.54. The highest BCUT2D eigenvalue weighted by atomic mass is 32.2. The number of hydrogen-bond donors (Lipinski definition) is 3. The Labute approximate surface area is 113 Å². The molecule has 0 fully saturated rings. The van der Waals surface area contributed by atoms with E-state index in [2.05, 4.69) is 15.4 Å². The molecule has 10 heteroatoms. The van der Waals surface area contributed by atoms with Gasteiger partial charge in [-0.3, -0.25) is 14.3 Å². The molecule has 20 heavy (non-hydrogen) atoms. The standard InChI is InChI=1S/C10H11N5O4S/c1-15-5-7(20(11,18)19)8(14-15)13-10(17)6-3-2-4-12-9(6)16/h2-5H,1H3,(H,12,16)(H2,11,18,19)(H,13,14,17). The molecule has 2 aromatic rings. The van der Waals surface area contributed by atoms with Gasteiger partial charge in [0.15, 0.2) is 5.82 Å². The quantitative estimate of drug-likeness (QED) is 0.667. The second-order valence-electron chi connectivity index (χ2n) is 3.93. The third-order valence-corrected chi connectivity index (χ3v) is 3.31. The molecule has 0 aliphatic heterocycles. The van der Waals surface area contributed by atoms with Crippen LogP contribution in [0.15, 0.2) is 34.2 Å². The number of nitrogens with one attached hydrogen (secondary N) is 2. The van der Waals surface area contributed by atoms with Crippen molar-refractivity contribution in [2.75, 3.05) is 5.32 Å². The van der Waals surface area contributed by atoms with Crippen molar-refractivity contribution < 1.29 is 13.2 Å². The Balaban J connectivity index is 2.39. The summed E-state index contributed by atoms with van der Waals surface area (Å²) in [5.74, 6) is -1.02. The molecule has 0 bridgehead atoms.